The monoisotopic (exact) mass is 713 g/mol. The zero-order valence-electron chi connectivity index (χ0n) is 23.6. The number of halogens is 10. The molecule has 1 saturated carbocycles. The summed E-state index contributed by atoms with van der Waals surface area (Å²) in [4.78, 5) is 38.0. The topological polar surface area (TPSA) is 96.5 Å². The maximum absolute atomic E-state index is 15.1. The van der Waals surface area contributed by atoms with E-state index in [9.17, 15) is 40.7 Å². The normalized spacial score (nSPS) is 17.2. The van der Waals surface area contributed by atoms with Crippen molar-refractivity contribution in [1.29, 1.82) is 0 Å². The highest BCUT2D eigenvalue weighted by Crippen LogP contribution is 2.65. The highest BCUT2D eigenvalue weighted by atomic mass is 35.5. The fourth-order valence-electron chi connectivity index (χ4n) is 4.43. The van der Waals surface area contributed by atoms with E-state index in [0.29, 0.717) is 18.2 Å². The van der Waals surface area contributed by atoms with E-state index < -0.39 is 102 Å². The number of ether oxygens (including phenoxy) is 1. The number of alkyl halides is 5. The molecule has 17 heteroatoms. The molecule has 3 aromatic carbocycles. The van der Waals surface area contributed by atoms with Gasteiger partial charge < -0.3 is 15.4 Å². The summed E-state index contributed by atoms with van der Waals surface area (Å²) in [6.45, 7) is 4.63. The van der Waals surface area contributed by atoms with Gasteiger partial charge in [0.05, 0.1) is 27.8 Å². The van der Waals surface area contributed by atoms with E-state index in [0.717, 1.165) is 24.3 Å². The molecule has 0 aromatic heterocycles. The summed E-state index contributed by atoms with van der Waals surface area (Å²) in [5.41, 5.74) is -5.49. The Morgan fingerprint density at radius 2 is 1.48 bits per heavy atom. The van der Waals surface area contributed by atoms with Crippen LogP contribution >= 0.6 is 34.8 Å². The van der Waals surface area contributed by atoms with Crippen LogP contribution in [0.3, 0.4) is 0 Å². The highest BCUT2D eigenvalue weighted by molar-refractivity contribution is 6.53. The first kappa shape index (κ1) is 35.1. The first-order chi connectivity index (χ1) is 21.1. The van der Waals surface area contributed by atoms with Gasteiger partial charge >= 0.3 is 12.3 Å². The van der Waals surface area contributed by atoms with Gasteiger partial charge in [0.25, 0.3) is 5.91 Å². The van der Waals surface area contributed by atoms with Crippen LogP contribution in [0.1, 0.15) is 48.2 Å². The van der Waals surface area contributed by atoms with E-state index in [2.05, 4.69) is 10.6 Å². The fraction of sp³-hybridized carbons (Fsp3) is 0.276. The van der Waals surface area contributed by atoms with Gasteiger partial charge in [0.2, 0.25) is 5.91 Å². The Morgan fingerprint density at radius 1 is 0.848 bits per heavy atom. The SMILES string of the molecule is CC(C)(C)OC(=O)Nc1ccc(F)c(NC(=O)c2cc(NC(=O)[C@H]3C(c4ccc(F)c(C(F)(F)F)c4)C3(Cl)Cl)cc(F)c2Cl)c1F. The van der Waals surface area contributed by atoms with Gasteiger partial charge in [0, 0.05) is 11.6 Å². The van der Waals surface area contributed by atoms with Crippen molar-refractivity contribution >= 4 is 69.8 Å². The summed E-state index contributed by atoms with van der Waals surface area (Å²) in [7, 11) is 0. The number of hydrogen-bond acceptors (Lipinski definition) is 4. The molecule has 7 nitrogen and oxygen atoms in total. The smallest absolute Gasteiger partial charge is 0.419 e. The first-order valence-electron chi connectivity index (χ1n) is 13.0. The molecule has 1 aliphatic carbocycles. The van der Waals surface area contributed by atoms with Crippen molar-refractivity contribution < 1.29 is 49.9 Å². The van der Waals surface area contributed by atoms with Crippen molar-refractivity contribution in [2.45, 2.75) is 42.8 Å². The van der Waals surface area contributed by atoms with Crippen LogP contribution in [0.5, 0.6) is 0 Å². The summed E-state index contributed by atoms with van der Waals surface area (Å²) in [6.07, 6.45) is -6.13. The second-order valence-corrected chi connectivity index (χ2v) is 12.9. The predicted octanol–water partition coefficient (Wildman–Crippen LogP) is 9.04. The standard InChI is InChI=1S/C29H21Cl3F7N3O4/c1-27(2,3)46-26(45)41-18-7-6-16(34)23(22(18)36)42-24(43)13-9-12(10-17(35)21(13)30)40-25(44)20-19(28(20,31)32)11-4-5-15(33)14(8-11)29(37,38)39/h4-10,19-20H,1-3H3,(H,40,44)(H,41,45)(H,42,43)/t19?,20-/m1/s1. The van der Waals surface area contributed by atoms with Crippen LogP contribution in [0, 0.1) is 29.2 Å². The molecule has 0 heterocycles. The first-order valence-corrected chi connectivity index (χ1v) is 14.1. The van der Waals surface area contributed by atoms with Crippen molar-refractivity contribution in [3.8, 4) is 0 Å². The van der Waals surface area contributed by atoms with Crippen molar-refractivity contribution in [1.82, 2.24) is 0 Å². The van der Waals surface area contributed by atoms with Crippen molar-refractivity contribution in [3.05, 3.63) is 87.4 Å². The summed E-state index contributed by atoms with van der Waals surface area (Å²) in [5, 5.41) is 5.38. The van der Waals surface area contributed by atoms with Crippen LogP contribution in [0.15, 0.2) is 42.5 Å². The lowest BCUT2D eigenvalue weighted by Gasteiger charge is -2.20. The van der Waals surface area contributed by atoms with Crippen LogP contribution in [-0.2, 0) is 15.7 Å². The Morgan fingerprint density at radius 3 is 2.09 bits per heavy atom. The summed E-state index contributed by atoms with van der Waals surface area (Å²) < 4.78 is 101. The Balaban J connectivity index is 1.56. The lowest BCUT2D eigenvalue weighted by molar-refractivity contribution is -0.140. The lowest BCUT2D eigenvalue weighted by Crippen LogP contribution is -2.27. The largest absolute Gasteiger partial charge is 0.444 e. The predicted molar refractivity (Wildman–Crippen MR) is 156 cm³/mol. The summed E-state index contributed by atoms with van der Waals surface area (Å²) >= 11 is 18.3. The Bertz CT molecular complexity index is 1750. The van der Waals surface area contributed by atoms with E-state index in [4.69, 9.17) is 39.5 Å². The van der Waals surface area contributed by atoms with Crippen molar-refractivity contribution in [2.75, 3.05) is 16.0 Å². The van der Waals surface area contributed by atoms with Gasteiger partial charge in [-0.15, -0.1) is 23.2 Å². The van der Waals surface area contributed by atoms with Crippen LogP contribution in [0.25, 0.3) is 0 Å². The van der Waals surface area contributed by atoms with Gasteiger partial charge in [-0.25, -0.2) is 22.4 Å². The second kappa shape index (κ2) is 12.5. The average molecular weight is 715 g/mol. The third-order valence-corrected chi connectivity index (χ3v) is 7.82. The molecular weight excluding hydrogens is 694 g/mol. The zero-order chi connectivity index (χ0) is 34.5. The lowest BCUT2D eigenvalue weighted by atomic mass is 10.0. The highest BCUT2D eigenvalue weighted by Gasteiger charge is 2.67. The van der Waals surface area contributed by atoms with E-state index in [1.165, 1.54) is 0 Å². The molecule has 1 fully saturated rings. The number of amides is 3. The maximum atomic E-state index is 15.1. The molecule has 0 radical (unpaired) electrons. The number of nitrogens with one attached hydrogen (secondary N) is 3. The van der Waals surface area contributed by atoms with E-state index in [-0.39, 0.29) is 5.56 Å². The third kappa shape index (κ3) is 7.45. The molecule has 46 heavy (non-hydrogen) atoms. The molecule has 246 valence electrons. The molecule has 0 aliphatic heterocycles. The van der Waals surface area contributed by atoms with Gasteiger partial charge in [-0.2, -0.15) is 13.2 Å². The number of carbonyl (C=O) groups excluding carboxylic acids is 3. The average Bonchev–Trinajstić information content (AvgIpc) is 3.50. The molecule has 0 saturated heterocycles. The van der Waals surface area contributed by atoms with Crippen LogP contribution in [0.2, 0.25) is 5.02 Å². The quantitative estimate of drug-likeness (QED) is 0.175. The summed E-state index contributed by atoms with van der Waals surface area (Å²) in [5.74, 6) is -10.5. The molecule has 3 amide bonds. The number of rotatable bonds is 6. The van der Waals surface area contributed by atoms with Gasteiger partial charge in [-0.05, 0) is 62.7 Å². The van der Waals surface area contributed by atoms with E-state index in [1.807, 2.05) is 5.32 Å². The Kier molecular flexibility index (Phi) is 9.51. The molecule has 0 bridgehead atoms. The molecule has 2 atom stereocenters. The van der Waals surface area contributed by atoms with Gasteiger partial charge in [0.15, 0.2) is 5.82 Å². The molecule has 4 rings (SSSR count). The van der Waals surface area contributed by atoms with Gasteiger partial charge in [-0.3, -0.25) is 14.9 Å². The fourth-order valence-corrected chi connectivity index (χ4v) is 5.45. The molecule has 3 aromatic rings. The minimum Gasteiger partial charge on any atom is -0.444 e. The number of hydrogen-bond donors (Lipinski definition) is 3. The number of carbonyl (C=O) groups is 3. The van der Waals surface area contributed by atoms with E-state index in [1.54, 1.807) is 20.8 Å². The van der Waals surface area contributed by atoms with Crippen LogP contribution in [0.4, 0.5) is 52.6 Å². The minimum absolute atomic E-state index is 0.200. The minimum atomic E-state index is -5.05. The second-order valence-electron chi connectivity index (χ2n) is 11.0. The Hall–Kier alpha value is -3.75. The van der Waals surface area contributed by atoms with E-state index >= 15 is 4.39 Å². The van der Waals surface area contributed by atoms with Crippen LogP contribution < -0.4 is 16.0 Å². The van der Waals surface area contributed by atoms with Gasteiger partial charge in [-0.1, -0.05) is 17.7 Å². The Labute approximate surface area is 271 Å². The summed E-state index contributed by atoms with van der Waals surface area (Å²) in [6, 6.07) is 5.10. The number of anilines is 3. The molecule has 1 aliphatic rings. The number of benzene rings is 3. The van der Waals surface area contributed by atoms with Gasteiger partial charge in [0.1, 0.15) is 33.1 Å². The molecule has 0 spiro atoms. The third-order valence-electron chi connectivity index (χ3n) is 6.50. The van der Waals surface area contributed by atoms with Crippen molar-refractivity contribution in [2.24, 2.45) is 5.92 Å². The molecular formula is C29H21Cl3F7N3O4. The van der Waals surface area contributed by atoms with Crippen molar-refractivity contribution in [3.63, 3.8) is 0 Å². The maximum Gasteiger partial charge on any atom is 0.419 e. The molecule has 1 unspecified atom stereocenters. The van der Waals surface area contributed by atoms with Crippen LogP contribution in [-0.4, -0.2) is 27.8 Å². The molecule has 3 N–H and O–H groups in total. The zero-order valence-corrected chi connectivity index (χ0v) is 25.9.